The number of nitrogens with one attached hydrogen (secondary N) is 1. The maximum absolute atomic E-state index is 9.99. The normalized spacial score (nSPS) is 24.2. The first-order chi connectivity index (χ1) is 9.15. The average molecular weight is 299 g/mol. The fourth-order valence-corrected chi connectivity index (χ4v) is 2.82. The maximum atomic E-state index is 9.99. The summed E-state index contributed by atoms with van der Waals surface area (Å²) in [5.74, 6) is 0.681. The number of aliphatic hydroxyl groups is 1. The van der Waals surface area contributed by atoms with Crippen LogP contribution in [0, 0.1) is 5.92 Å². The van der Waals surface area contributed by atoms with Crippen LogP contribution in [0.15, 0.2) is 30.3 Å². The second-order valence-electron chi connectivity index (χ2n) is 6.01. The highest BCUT2D eigenvalue weighted by Gasteiger charge is 2.25. The highest BCUT2D eigenvalue weighted by Crippen LogP contribution is 2.17. The van der Waals surface area contributed by atoms with Crippen LogP contribution in [-0.4, -0.2) is 41.8 Å². The van der Waals surface area contributed by atoms with Crippen LogP contribution in [0.25, 0.3) is 0 Å². The zero-order valence-corrected chi connectivity index (χ0v) is 13.3. The van der Waals surface area contributed by atoms with Gasteiger partial charge in [0.15, 0.2) is 0 Å². The van der Waals surface area contributed by atoms with Crippen molar-refractivity contribution in [1.29, 1.82) is 0 Å². The van der Waals surface area contributed by atoms with E-state index < -0.39 is 0 Å². The quantitative estimate of drug-likeness (QED) is 0.895. The molecule has 0 unspecified atom stereocenters. The molecular formula is C16H27ClN2O. The van der Waals surface area contributed by atoms with E-state index in [0.29, 0.717) is 18.5 Å². The lowest BCUT2D eigenvalue weighted by molar-refractivity contribution is 0.0981. The van der Waals surface area contributed by atoms with Gasteiger partial charge in [0.05, 0.1) is 6.10 Å². The molecule has 1 fully saturated rings. The highest BCUT2D eigenvalue weighted by atomic mass is 35.5. The van der Waals surface area contributed by atoms with Gasteiger partial charge in [0.1, 0.15) is 0 Å². The fraction of sp³-hybridized carbons (Fsp3) is 0.625. The minimum absolute atomic E-state index is 0. The second kappa shape index (κ2) is 8.63. The molecule has 4 heteroatoms. The summed E-state index contributed by atoms with van der Waals surface area (Å²) in [6.07, 6.45) is 0.910. The van der Waals surface area contributed by atoms with E-state index in [1.807, 2.05) is 6.07 Å². The van der Waals surface area contributed by atoms with E-state index in [1.165, 1.54) is 12.0 Å². The van der Waals surface area contributed by atoms with Gasteiger partial charge in [0.25, 0.3) is 0 Å². The Morgan fingerprint density at radius 2 is 1.95 bits per heavy atom. The SMILES string of the molecule is CC(C)C[C@H]1CNC[C@H](O)CN1Cc1ccccc1.Cl. The standard InChI is InChI=1S/C16H26N2O.ClH/c1-13(2)8-15-9-17-10-16(19)12-18(15)11-14-6-4-3-5-7-14;/h3-7,13,15-17,19H,8-12H2,1-2H3;1H/t15-,16-;/m0./s1. The van der Waals surface area contributed by atoms with E-state index in [1.54, 1.807) is 0 Å². The molecule has 0 amide bonds. The topological polar surface area (TPSA) is 35.5 Å². The van der Waals surface area contributed by atoms with Crippen molar-refractivity contribution < 1.29 is 5.11 Å². The summed E-state index contributed by atoms with van der Waals surface area (Å²) in [7, 11) is 0. The molecule has 0 aliphatic carbocycles. The summed E-state index contributed by atoms with van der Waals surface area (Å²) < 4.78 is 0. The minimum Gasteiger partial charge on any atom is -0.390 e. The molecule has 0 spiro atoms. The summed E-state index contributed by atoms with van der Waals surface area (Å²) in [5, 5.41) is 13.4. The molecule has 2 rings (SSSR count). The van der Waals surface area contributed by atoms with Crippen molar-refractivity contribution in [2.45, 2.75) is 39.0 Å². The Labute approximate surface area is 128 Å². The minimum atomic E-state index is -0.263. The third-order valence-electron chi connectivity index (χ3n) is 3.69. The lowest BCUT2D eigenvalue weighted by Gasteiger charge is -2.31. The molecule has 3 nitrogen and oxygen atoms in total. The largest absolute Gasteiger partial charge is 0.390 e. The van der Waals surface area contributed by atoms with Crippen molar-refractivity contribution >= 4 is 12.4 Å². The van der Waals surface area contributed by atoms with Crippen molar-refractivity contribution in [1.82, 2.24) is 10.2 Å². The van der Waals surface area contributed by atoms with E-state index in [-0.39, 0.29) is 18.5 Å². The first-order valence-electron chi connectivity index (χ1n) is 7.32. The van der Waals surface area contributed by atoms with Gasteiger partial charge < -0.3 is 10.4 Å². The Hall–Kier alpha value is -0.610. The molecule has 1 aliphatic rings. The Balaban J connectivity index is 0.00000200. The lowest BCUT2D eigenvalue weighted by Crippen LogP contribution is -2.41. The van der Waals surface area contributed by atoms with Crippen molar-refractivity contribution in [2.75, 3.05) is 19.6 Å². The van der Waals surface area contributed by atoms with Crippen molar-refractivity contribution in [3.8, 4) is 0 Å². The first-order valence-corrected chi connectivity index (χ1v) is 7.32. The van der Waals surface area contributed by atoms with Gasteiger partial charge in [-0.1, -0.05) is 44.2 Å². The molecular weight excluding hydrogens is 272 g/mol. The van der Waals surface area contributed by atoms with Crippen LogP contribution < -0.4 is 5.32 Å². The maximum Gasteiger partial charge on any atom is 0.0791 e. The smallest absolute Gasteiger partial charge is 0.0791 e. The summed E-state index contributed by atoms with van der Waals surface area (Å²) >= 11 is 0. The fourth-order valence-electron chi connectivity index (χ4n) is 2.82. The van der Waals surface area contributed by atoms with Crippen molar-refractivity contribution in [3.05, 3.63) is 35.9 Å². The molecule has 1 saturated heterocycles. The van der Waals surface area contributed by atoms with E-state index in [4.69, 9.17) is 0 Å². The van der Waals surface area contributed by atoms with Gasteiger partial charge in [-0.05, 0) is 17.9 Å². The third kappa shape index (κ3) is 5.41. The Morgan fingerprint density at radius 1 is 1.25 bits per heavy atom. The van der Waals surface area contributed by atoms with E-state index >= 15 is 0 Å². The predicted octanol–water partition coefficient (Wildman–Crippen LogP) is 2.29. The van der Waals surface area contributed by atoms with Crippen LogP contribution in [0.1, 0.15) is 25.8 Å². The molecule has 0 radical (unpaired) electrons. The van der Waals surface area contributed by atoms with Gasteiger partial charge in [-0.15, -0.1) is 12.4 Å². The van der Waals surface area contributed by atoms with Gasteiger partial charge in [-0.3, -0.25) is 4.90 Å². The molecule has 1 aromatic rings. The van der Waals surface area contributed by atoms with Gasteiger partial charge in [0, 0.05) is 32.2 Å². The summed E-state index contributed by atoms with van der Waals surface area (Å²) in [4.78, 5) is 2.43. The zero-order valence-electron chi connectivity index (χ0n) is 12.5. The predicted molar refractivity (Wildman–Crippen MR) is 86.2 cm³/mol. The highest BCUT2D eigenvalue weighted by molar-refractivity contribution is 5.85. The molecule has 1 aromatic carbocycles. The lowest BCUT2D eigenvalue weighted by atomic mass is 10.0. The van der Waals surface area contributed by atoms with Gasteiger partial charge in [-0.25, -0.2) is 0 Å². The van der Waals surface area contributed by atoms with Crippen LogP contribution in [-0.2, 0) is 6.54 Å². The molecule has 0 bridgehead atoms. The van der Waals surface area contributed by atoms with E-state index in [2.05, 4.69) is 48.3 Å². The summed E-state index contributed by atoms with van der Waals surface area (Å²) in [6.45, 7) is 7.91. The Bertz CT molecular complexity index is 372. The van der Waals surface area contributed by atoms with Crippen LogP contribution in [0.4, 0.5) is 0 Å². The number of nitrogens with zero attached hydrogens (tertiary/aromatic N) is 1. The molecule has 1 heterocycles. The number of hydrogen-bond acceptors (Lipinski definition) is 3. The van der Waals surface area contributed by atoms with Gasteiger partial charge >= 0.3 is 0 Å². The molecule has 20 heavy (non-hydrogen) atoms. The number of rotatable bonds is 4. The van der Waals surface area contributed by atoms with Crippen molar-refractivity contribution in [3.63, 3.8) is 0 Å². The number of halogens is 1. The first kappa shape index (κ1) is 17.4. The molecule has 114 valence electrons. The molecule has 2 N–H and O–H groups in total. The van der Waals surface area contributed by atoms with Crippen LogP contribution in [0.3, 0.4) is 0 Å². The van der Waals surface area contributed by atoms with Crippen LogP contribution in [0.2, 0.25) is 0 Å². The monoisotopic (exact) mass is 298 g/mol. The zero-order chi connectivity index (χ0) is 13.7. The second-order valence-corrected chi connectivity index (χ2v) is 6.01. The number of benzene rings is 1. The van der Waals surface area contributed by atoms with Gasteiger partial charge in [-0.2, -0.15) is 0 Å². The molecule has 1 aliphatic heterocycles. The Morgan fingerprint density at radius 3 is 2.60 bits per heavy atom. The van der Waals surface area contributed by atoms with Crippen LogP contribution >= 0.6 is 12.4 Å². The molecule has 0 saturated carbocycles. The Kier molecular flexibility index (Phi) is 7.52. The van der Waals surface area contributed by atoms with E-state index in [0.717, 1.165) is 19.6 Å². The van der Waals surface area contributed by atoms with Crippen molar-refractivity contribution in [2.24, 2.45) is 5.92 Å². The number of hydrogen-bond donors (Lipinski definition) is 2. The molecule has 2 atom stereocenters. The summed E-state index contributed by atoms with van der Waals surface area (Å²) in [6, 6.07) is 11.1. The summed E-state index contributed by atoms with van der Waals surface area (Å²) in [5.41, 5.74) is 1.32. The van der Waals surface area contributed by atoms with Gasteiger partial charge in [0.2, 0.25) is 0 Å². The van der Waals surface area contributed by atoms with Crippen LogP contribution in [0.5, 0.6) is 0 Å². The average Bonchev–Trinajstić information content (AvgIpc) is 2.53. The molecule has 0 aromatic heterocycles. The third-order valence-corrected chi connectivity index (χ3v) is 3.69. The number of aliphatic hydroxyl groups excluding tert-OH is 1. The van der Waals surface area contributed by atoms with E-state index in [9.17, 15) is 5.11 Å². The number of β-amino-alcohol motifs (C(OH)–C–C–N with tert-alkyl or cyclic N) is 1.